The summed E-state index contributed by atoms with van der Waals surface area (Å²) in [5.74, 6) is 0. The number of rotatable bonds is 9. The highest BCUT2D eigenvalue weighted by Crippen LogP contribution is 2.46. The Bertz CT molecular complexity index is 3650. The lowest BCUT2D eigenvalue weighted by atomic mass is 9.95. The number of aromatic nitrogens is 1. The van der Waals surface area contributed by atoms with Gasteiger partial charge in [0, 0.05) is 50.2 Å². The molecule has 0 radical (unpaired) electrons. The van der Waals surface area contributed by atoms with Crippen molar-refractivity contribution in [3.8, 4) is 27.9 Å². The van der Waals surface area contributed by atoms with Gasteiger partial charge in [0.1, 0.15) is 0 Å². The minimum Gasteiger partial charge on any atom is -0.310 e. The van der Waals surface area contributed by atoms with Crippen molar-refractivity contribution in [1.29, 1.82) is 0 Å². The van der Waals surface area contributed by atoms with Crippen LogP contribution in [0.2, 0.25) is 0 Å². The van der Waals surface area contributed by atoms with E-state index in [4.69, 9.17) is 0 Å². The predicted octanol–water partition coefficient (Wildman–Crippen LogP) is 17.4. The third-order valence-electron chi connectivity index (χ3n) is 12.7. The van der Waals surface area contributed by atoms with Crippen molar-refractivity contribution >= 4 is 77.5 Å². The lowest BCUT2D eigenvalue weighted by Crippen LogP contribution is -2.11. The number of anilines is 6. The zero-order valence-electron chi connectivity index (χ0n) is 35.7. The third kappa shape index (κ3) is 6.78. The summed E-state index contributed by atoms with van der Waals surface area (Å²) in [6.07, 6.45) is 0. The van der Waals surface area contributed by atoms with Crippen LogP contribution in [0.1, 0.15) is 0 Å². The molecule has 0 aliphatic heterocycles. The molecule has 0 bridgehead atoms. The number of hydrogen-bond donors (Lipinski definition) is 0. The van der Waals surface area contributed by atoms with E-state index < -0.39 is 0 Å². The van der Waals surface area contributed by atoms with Crippen molar-refractivity contribution < 1.29 is 0 Å². The van der Waals surface area contributed by atoms with Crippen LogP contribution in [0.4, 0.5) is 34.1 Å². The average Bonchev–Trinajstić information content (AvgIpc) is 3.71. The molecule has 306 valence electrons. The Hall–Kier alpha value is -8.66. The monoisotopic (exact) mass is 829 g/mol. The van der Waals surface area contributed by atoms with Crippen molar-refractivity contribution in [2.24, 2.45) is 0 Å². The molecule has 12 rings (SSSR count). The molecule has 11 aromatic carbocycles. The third-order valence-corrected chi connectivity index (χ3v) is 12.7. The van der Waals surface area contributed by atoms with Crippen molar-refractivity contribution in [3.63, 3.8) is 0 Å². The summed E-state index contributed by atoms with van der Waals surface area (Å²) < 4.78 is 2.39. The standard InChI is InChI=1S/C62H43N3/c1-4-19-45(20-5-1)54-26-14-16-30-59(54)64(51-37-32-44-18-10-11-21-47(44)42-51)50-35-33-46(34-36-50)53-40-41-61(56-28-13-12-27-55(53)56)63(48-22-6-2-7-23-48)52-38-39-58-57-29-15-17-31-60(57)65(62(58)43-52)49-24-8-3-9-25-49/h1-43H. The number of hydrogen-bond acceptors (Lipinski definition) is 2. The summed E-state index contributed by atoms with van der Waals surface area (Å²) in [5.41, 5.74) is 14.8. The molecule has 3 heteroatoms. The molecule has 3 nitrogen and oxygen atoms in total. The van der Waals surface area contributed by atoms with Crippen LogP contribution < -0.4 is 9.80 Å². The molecule has 0 fully saturated rings. The van der Waals surface area contributed by atoms with Gasteiger partial charge in [0.15, 0.2) is 0 Å². The molecular formula is C62H43N3. The highest BCUT2D eigenvalue weighted by atomic mass is 15.2. The van der Waals surface area contributed by atoms with E-state index in [1.807, 2.05) is 0 Å². The van der Waals surface area contributed by atoms with E-state index in [1.165, 1.54) is 60.0 Å². The molecule has 0 saturated heterocycles. The molecule has 65 heavy (non-hydrogen) atoms. The lowest BCUT2D eigenvalue weighted by Gasteiger charge is -2.29. The van der Waals surface area contributed by atoms with Gasteiger partial charge in [-0.25, -0.2) is 0 Å². The second kappa shape index (κ2) is 16.2. The molecule has 0 atom stereocenters. The quantitative estimate of drug-likeness (QED) is 0.144. The van der Waals surface area contributed by atoms with Crippen LogP contribution in [0, 0.1) is 0 Å². The summed E-state index contributed by atoms with van der Waals surface area (Å²) in [6, 6.07) is 94.4. The normalized spacial score (nSPS) is 11.4. The Morgan fingerprint density at radius 3 is 1.60 bits per heavy atom. The summed E-state index contributed by atoms with van der Waals surface area (Å²) >= 11 is 0. The summed E-state index contributed by atoms with van der Waals surface area (Å²) in [7, 11) is 0. The second-order valence-corrected chi connectivity index (χ2v) is 16.5. The van der Waals surface area contributed by atoms with Crippen LogP contribution in [-0.4, -0.2) is 4.57 Å². The zero-order valence-corrected chi connectivity index (χ0v) is 35.7. The summed E-state index contributed by atoms with van der Waals surface area (Å²) in [5, 5.41) is 7.27. The van der Waals surface area contributed by atoms with Crippen LogP contribution in [0.5, 0.6) is 0 Å². The van der Waals surface area contributed by atoms with Crippen LogP contribution in [0.15, 0.2) is 261 Å². The Kier molecular flexibility index (Phi) is 9.50. The highest BCUT2D eigenvalue weighted by Gasteiger charge is 2.21. The first-order valence-electron chi connectivity index (χ1n) is 22.3. The predicted molar refractivity (Wildman–Crippen MR) is 276 cm³/mol. The lowest BCUT2D eigenvalue weighted by molar-refractivity contribution is 1.18. The molecule has 0 aliphatic rings. The van der Waals surface area contributed by atoms with E-state index in [1.54, 1.807) is 0 Å². The first kappa shape index (κ1) is 38.0. The van der Waals surface area contributed by atoms with Crippen molar-refractivity contribution in [1.82, 2.24) is 4.57 Å². The van der Waals surface area contributed by atoms with Crippen LogP contribution in [-0.2, 0) is 0 Å². The van der Waals surface area contributed by atoms with E-state index in [2.05, 4.69) is 275 Å². The van der Waals surface area contributed by atoms with Crippen LogP contribution in [0.25, 0.3) is 71.3 Å². The fourth-order valence-electron chi connectivity index (χ4n) is 9.75. The molecule has 1 aromatic heterocycles. The van der Waals surface area contributed by atoms with E-state index in [0.717, 1.165) is 45.4 Å². The molecule has 0 saturated carbocycles. The zero-order chi connectivity index (χ0) is 43.1. The van der Waals surface area contributed by atoms with Crippen LogP contribution in [0.3, 0.4) is 0 Å². The van der Waals surface area contributed by atoms with Gasteiger partial charge in [0.2, 0.25) is 0 Å². The summed E-state index contributed by atoms with van der Waals surface area (Å²) in [4.78, 5) is 4.80. The maximum absolute atomic E-state index is 2.41. The van der Waals surface area contributed by atoms with E-state index in [-0.39, 0.29) is 0 Å². The summed E-state index contributed by atoms with van der Waals surface area (Å²) in [6.45, 7) is 0. The van der Waals surface area contributed by atoms with E-state index in [9.17, 15) is 0 Å². The smallest absolute Gasteiger partial charge is 0.0561 e. The van der Waals surface area contributed by atoms with Gasteiger partial charge in [-0.3, -0.25) is 0 Å². The molecule has 1 heterocycles. The topological polar surface area (TPSA) is 11.4 Å². The highest BCUT2D eigenvalue weighted by molar-refractivity contribution is 6.11. The molecule has 0 unspecified atom stereocenters. The molecule has 0 amide bonds. The SMILES string of the molecule is c1ccc(-c2ccccc2N(c2ccc(-c3ccc(N(c4ccccc4)c4ccc5c6ccccc6n(-c6ccccc6)c5c4)c4ccccc34)cc2)c2ccc3ccccc3c2)cc1. The minimum absolute atomic E-state index is 1.09. The molecule has 0 N–H and O–H groups in total. The molecule has 0 aliphatic carbocycles. The number of nitrogens with zero attached hydrogens (tertiary/aromatic N) is 3. The largest absolute Gasteiger partial charge is 0.310 e. The van der Waals surface area contributed by atoms with Gasteiger partial charge in [-0.15, -0.1) is 0 Å². The van der Waals surface area contributed by atoms with Gasteiger partial charge < -0.3 is 14.4 Å². The number of benzene rings is 11. The minimum atomic E-state index is 1.09. The Morgan fingerprint density at radius 1 is 0.262 bits per heavy atom. The van der Waals surface area contributed by atoms with Gasteiger partial charge >= 0.3 is 0 Å². The van der Waals surface area contributed by atoms with Crippen LogP contribution >= 0.6 is 0 Å². The number of para-hydroxylation sites is 4. The maximum Gasteiger partial charge on any atom is 0.0561 e. The second-order valence-electron chi connectivity index (χ2n) is 16.5. The molecule has 12 aromatic rings. The van der Waals surface area contributed by atoms with E-state index in [0.29, 0.717) is 0 Å². The van der Waals surface area contributed by atoms with Gasteiger partial charge in [0.05, 0.1) is 22.4 Å². The van der Waals surface area contributed by atoms with Gasteiger partial charge in [-0.2, -0.15) is 0 Å². The van der Waals surface area contributed by atoms with Gasteiger partial charge in [0.25, 0.3) is 0 Å². The van der Waals surface area contributed by atoms with E-state index >= 15 is 0 Å². The van der Waals surface area contributed by atoms with Crippen molar-refractivity contribution in [2.45, 2.75) is 0 Å². The molecule has 0 spiro atoms. The van der Waals surface area contributed by atoms with Crippen molar-refractivity contribution in [3.05, 3.63) is 261 Å². The average molecular weight is 830 g/mol. The number of fused-ring (bicyclic) bond motifs is 5. The van der Waals surface area contributed by atoms with Crippen molar-refractivity contribution in [2.75, 3.05) is 9.80 Å². The van der Waals surface area contributed by atoms with Gasteiger partial charge in [-0.1, -0.05) is 182 Å². The fourth-order valence-corrected chi connectivity index (χ4v) is 9.75. The maximum atomic E-state index is 2.41. The Labute approximate surface area is 378 Å². The first-order valence-corrected chi connectivity index (χ1v) is 22.3. The Morgan fingerprint density at radius 2 is 0.800 bits per heavy atom. The van der Waals surface area contributed by atoms with Gasteiger partial charge in [-0.05, 0) is 112 Å². The molecular weight excluding hydrogens is 787 g/mol. The fraction of sp³-hybridized carbons (Fsp3) is 0. The first-order chi connectivity index (χ1) is 32.3. The Balaban J connectivity index is 0.988.